The predicted molar refractivity (Wildman–Crippen MR) is 83.2 cm³/mol. The summed E-state index contributed by atoms with van der Waals surface area (Å²) < 4.78 is 1.66. The molecule has 1 aromatic carbocycles. The molecule has 0 aliphatic carbocycles. The van der Waals surface area contributed by atoms with Crippen LogP contribution >= 0.6 is 0 Å². The summed E-state index contributed by atoms with van der Waals surface area (Å²) in [5, 5.41) is 10.0. The smallest absolute Gasteiger partial charge is 0.248 e. The van der Waals surface area contributed by atoms with E-state index in [4.69, 9.17) is 0 Å². The Morgan fingerprint density at radius 1 is 1.36 bits per heavy atom. The van der Waals surface area contributed by atoms with Crippen molar-refractivity contribution >= 4 is 17.6 Å². The second kappa shape index (κ2) is 5.63. The number of benzene rings is 1. The lowest BCUT2D eigenvalue weighted by Crippen LogP contribution is -2.37. The first-order valence-corrected chi connectivity index (χ1v) is 7.25. The standard InChI is InChI=1S/C16H18N4O2/c1-10-14(11-6-4-3-5-7-11)19-20(2)15(10)18-16(22)12-8-9-13(21)17-12/h3-7,12H,8-9H2,1-2H3,(H,17,21)(H,18,22). The molecule has 0 bridgehead atoms. The number of amides is 2. The Labute approximate surface area is 128 Å². The van der Waals surface area contributed by atoms with Gasteiger partial charge in [-0.05, 0) is 13.3 Å². The second-order valence-corrected chi connectivity index (χ2v) is 5.46. The van der Waals surface area contributed by atoms with Gasteiger partial charge in [-0.2, -0.15) is 5.10 Å². The van der Waals surface area contributed by atoms with Crippen LogP contribution in [0.25, 0.3) is 11.3 Å². The lowest BCUT2D eigenvalue weighted by Gasteiger charge is -2.11. The summed E-state index contributed by atoms with van der Waals surface area (Å²) in [6.45, 7) is 1.93. The van der Waals surface area contributed by atoms with E-state index in [1.165, 1.54) is 0 Å². The first-order chi connectivity index (χ1) is 10.6. The topological polar surface area (TPSA) is 76.0 Å². The van der Waals surface area contributed by atoms with E-state index in [2.05, 4.69) is 15.7 Å². The third kappa shape index (κ3) is 2.59. The molecule has 1 aromatic heterocycles. The Bertz CT molecular complexity index is 721. The predicted octanol–water partition coefficient (Wildman–Crippen LogP) is 1.61. The fraction of sp³-hybridized carbons (Fsp3) is 0.312. The third-order valence-corrected chi connectivity index (χ3v) is 3.88. The Kier molecular flexibility index (Phi) is 3.66. The van der Waals surface area contributed by atoms with Crippen molar-refractivity contribution in [2.75, 3.05) is 5.32 Å². The van der Waals surface area contributed by atoms with Crippen molar-refractivity contribution in [3.05, 3.63) is 35.9 Å². The first-order valence-electron chi connectivity index (χ1n) is 7.25. The second-order valence-electron chi connectivity index (χ2n) is 5.46. The van der Waals surface area contributed by atoms with Crippen LogP contribution in [0.3, 0.4) is 0 Å². The molecule has 1 aliphatic rings. The molecule has 22 heavy (non-hydrogen) atoms. The number of carbonyl (C=O) groups excluding carboxylic acids is 2. The summed E-state index contributed by atoms with van der Waals surface area (Å²) in [6.07, 6.45) is 0.935. The zero-order valence-electron chi connectivity index (χ0n) is 12.6. The number of rotatable bonds is 3. The van der Waals surface area contributed by atoms with Gasteiger partial charge >= 0.3 is 0 Å². The van der Waals surface area contributed by atoms with Crippen LogP contribution in [0.15, 0.2) is 30.3 Å². The van der Waals surface area contributed by atoms with Gasteiger partial charge in [0, 0.05) is 24.6 Å². The number of hydrogen-bond acceptors (Lipinski definition) is 3. The lowest BCUT2D eigenvalue weighted by molar-refractivity contribution is -0.122. The largest absolute Gasteiger partial charge is 0.344 e. The van der Waals surface area contributed by atoms with E-state index >= 15 is 0 Å². The van der Waals surface area contributed by atoms with E-state index in [1.54, 1.807) is 11.7 Å². The maximum Gasteiger partial charge on any atom is 0.248 e. The Morgan fingerprint density at radius 3 is 2.73 bits per heavy atom. The summed E-state index contributed by atoms with van der Waals surface area (Å²) in [5.74, 6) is 0.383. The molecule has 0 radical (unpaired) electrons. The Hall–Kier alpha value is -2.63. The van der Waals surface area contributed by atoms with Gasteiger partial charge in [-0.1, -0.05) is 30.3 Å². The summed E-state index contributed by atoms with van der Waals surface area (Å²) in [6, 6.07) is 9.37. The van der Waals surface area contributed by atoms with Gasteiger partial charge in [-0.3, -0.25) is 14.3 Å². The van der Waals surface area contributed by atoms with Crippen LogP contribution < -0.4 is 10.6 Å². The summed E-state index contributed by atoms with van der Waals surface area (Å²) >= 11 is 0. The number of hydrogen-bond donors (Lipinski definition) is 2. The fourth-order valence-corrected chi connectivity index (χ4v) is 2.69. The third-order valence-electron chi connectivity index (χ3n) is 3.88. The van der Waals surface area contributed by atoms with E-state index in [0.717, 1.165) is 16.8 Å². The van der Waals surface area contributed by atoms with Crippen LogP contribution in [0.4, 0.5) is 5.82 Å². The van der Waals surface area contributed by atoms with E-state index in [-0.39, 0.29) is 11.8 Å². The molecule has 2 amide bonds. The van der Waals surface area contributed by atoms with Crippen molar-refractivity contribution in [3.63, 3.8) is 0 Å². The van der Waals surface area contributed by atoms with Crippen molar-refractivity contribution in [2.24, 2.45) is 7.05 Å². The van der Waals surface area contributed by atoms with Crippen molar-refractivity contribution in [3.8, 4) is 11.3 Å². The molecule has 2 aromatic rings. The summed E-state index contributed by atoms with van der Waals surface area (Å²) in [4.78, 5) is 23.5. The van der Waals surface area contributed by atoms with Gasteiger partial charge in [0.05, 0.1) is 5.69 Å². The van der Waals surface area contributed by atoms with Crippen LogP contribution in [0.2, 0.25) is 0 Å². The molecule has 1 atom stereocenters. The van der Waals surface area contributed by atoms with Gasteiger partial charge in [0.2, 0.25) is 11.8 Å². The first kappa shape index (κ1) is 14.3. The van der Waals surface area contributed by atoms with E-state index in [9.17, 15) is 9.59 Å². The fourth-order valence-electron chi connectivity index (χ4n) is 2.69. The number of anilines is 1. The van der Waals surface area contributed by atoms with E-state index < -0.39 is 6.04 Å². The van der Waals surface area contributed by atoms with Crippen molar-refractivity contribution in [2.45, 2.75) is 25.8 Å². The molecular formula is C16H18N4O2. The Morgan fingerprint density at radius 2 is 2.09 bits per heavy atom. The number of aryl methyl sites for hydroxylation is 1. The van der Waals surface area contributed by atoms with E-state index in [0.29, 0.717) is 18.7 Å². The maximum atomic E-state index is 12.2. The quantitative estimate of drug-likeness (QED) is 0.904. The molecule has 3 rings (SSSR count). The van der Waals surface area contributed by atoms with Crippen LogP contribution in [0, 0.1) is 6.92 Å². The number of nitrogens with one attached hydrogen (secondary N) is 2. The van der Waals surface area contributed by atoms with Gasteiger partial charge in [0.25, 0.3) is 0 Å². The van der Waals surface area contributed by atoms with Gasteiger partial charge in [-0.25, -0.2) is 0 Å². The van der Waals surface area contributed by atoms with Gasteiger partial charge in [0.1, 0.15) is 11.9 Å². The molecule has 1 unspecified atom stereocenters. The maximum absolute atomic E-state index is 12.2. The molecule has 6 nitrogen and oxygen atoms in total. The highest BCUT2D eigenvalue weighted by molar-refractivity contribution is 5.99. The molecule has 1 saturated heterocycles. The van der Waals surface area contributed by atoms with Gasteiger partial charge in [0.15, 0.2) is 0 Å². The van der Waals surface area contributed by atoms with E-state index in [1.807, 2.05) is 37.3 Å². The highest BCUT2D eigenvalue weighted by atomic mass is 16.2. The highest BCUT2D eigenvalue weighted by Gasteiger charge is 2.28. The summed E-state index contributed by atoms with van der Waals surface area (Å²) in [7, 11) is 1.79. The molecule has 0 saturated carbocycles. The average Bonchev–Trinajstić information content (AvgIpc) is 3.07. The molecule has 1 fully saturated rings. The zero-order chi connectivity index (χ0) is 15.7. The molecule has 0 spiro atoms. The Balaban J connectivity index is 1.84. The number of aromatic nitrogens is 2. The van der Waals surface area contributed by atoms with Crippen LogP contribution in [0.1, 0.15) is 18.4 Å². The van der Waals surface area contributed by atoms with Crippen LogP contribution in [0.5, 0.6) is 0 Å². The van der Waals surface area contributed by atoms with Crippen molar-refractivity contribution < 1.29 is 9.59 Å². The molecular weight excluding hydrogens is 280 g/mol. The average molecular weight is 298 g/mol. The highest BCUT2D eigenvalue weighted by Crippen LogP contribution is 2.27. The van der Waals surface area contributed by atoms with Gasteiger partial charge in [-0.15, -0.1) is 0 Å². The molecule has 114 valence electrons. The summed E-state index contributed by atoms with van der Waals surface area (Å²) in [5.41, 5.74) is 2.76. The minimum Gasteiger partial charge on any atom is -0.344 e. The number of nitrogens with zero attached hydrogens (tertiary/aromatic N) is 2. The minimum atomic E-state index is -0.457. The molecule has 2 N–H and O–H groups in total. The minimum absolute atomic E-state index is 0.0770. The monoisotopic (exact) mass is 298 g/mol. The normalized spacial score (nSPS) is 17.4. The lowest BCUT2D eigenvalue weighted by atomic mass is 10.1. The molecule has 1 aliphatic heterocycles. The number of carbonyl (C=O) groups is 2. The van der Waals surface area contributed by atoms with Crippen LogP contribution in [-0.2, 0) is 16.6 Å². The SMILES string of the molecule is Cc1c(-c2ccccc2)nn(C)c1NC(=O)C1CCC(=O)N1. The van der Waals surface area contributed by atoms with Crippen molar-refractivity contribution in [1.29, 1.82) is 0 Å². The van der Waals surface area contributed by atoms with Crippen molar-refractivity contribution in [1.82, 2.24) is 15.1 Å². The molecule has 6 heteroatoms. The zero-order valence-corrected chi connectivity index (χ0v) is 12.6. The molecule has 2 heterocycles. The van der Waals surface area contributed by atoms with Crippen LogP contribution in [-0.4, -0.2) is 27.6 Å². The van der Waals surface area contributed by atoms with Gasteiger partial charge < -0.3 is 10.6 Å².